The van der Waals surface area contributed by atoms with Crippen LogP contribution in [0.25, 0.3) is 0 Å². The molecule has 8 atom stereocenters. The van der Waals surface area contributed by atoms with E-state index in [1.54, 1.807) is 56.3 Å². The topological polar surface area (TPSA) is 218 Å². The van der Waals surface area contributed by atoms with Crippen molar-refractivity contribution in [3.63, 3.8) is 0 Å². The van der Waals surface area contributed by atoms with Crippen LogP contribution < -0.4 is 21.3 Å². The van der Waals surface area contributed by atoms with Gasteiger partial charge in [0.25, 0.3) is 5.24 Å². The number of rotatable bonds is 23. The molecule has 0 saturated heterocycles. The van der Waals surface area contributed by atoms with Crippen LogP contribution in [0.2, 0.25) is 0 Å². The highest BCUT2D eigenvalue weighted by Gasteiger charge is 2.33. The molecule has 4 aromatic carbocycles. The van der Waals surface area contributed by atoms with Gasteiger partial charge in [0, 0.05) is 39.3 Å². The van der Waals surface area contributed by atoms with E-state index in [1.807, 2.05) is 114 Å². The van der Waals surface area contributed by atoms with E-state index in [4.69, 9.17) is 33.4 Å². The lowest BCUT2D eigenvalue weighted by molar-refractivity contribution is -0.121. The Bertz CT molecular complexity index is 2170. The van der Waals surface area contributed by atoms with Crippen LogP contribution >= 0.6 is 23.2 Å². The predicted octanol–water partition coefficient (Wildman–Crippen LogP) is 11.7. The van der Waals surface area contributed by atoms with E-state index in [0.29, 0.717) is 11.5 Å². The van der Waals surface area contributed by atoms with Crippen molar-refractivity contribution in [1.29, 1.82) is 0 Å². The average Bonchev–Trinajstić information content (AvgIpc) is 3.00. The van der Waals surface area contributed by atoms with E-state index in [-0.39, 0.29) is 60.9 Å². The molecule has 16 heteroatoms. The largest absolute Gasteiger partial charge is 0.394 e. The Morgan fingerprint density at radius 2 is 0.738 bits per heavy atom. The normalized spacial score (nSPS) is 13.6. The quantitative estimate of drug-likeness (QED) is 0.0152. The molecule has 0 saturated carbocycles. The van der Waals surface area contributed by atoms with Gasteiger partial charge in [0.05, 0.1) is 43.5 Å². The molecule has 0 aliphatic heterocycles. The summed E-state index contributed by atoms with van der Waals surface area (Å²) >= 11 is 12.3. The molecule has 0 fully saturated rings. The number of carbonyl (C=O) groups is 5. The first-order valence-electron chi connectivity index (χ1n) is 28.9. The van der Waals surface area contributed by atoms with Gasteiger partial charge in [-0.15, -0.1) is 11.6 Å². The van der Waals surface area contributed by atoms with Gasteiger partial charge >= 0.3 is 0 Å². The number of allylic oxidation sites excluding steroid dienone is 4. The van der Waals surface area contributed by atoms with E-state index < -0.39 is 28.4 Å². The Kier molecular flexibility index (Phi) is 50.0. The van der Waals surface area contributed by atoms with Crippen molar-refractivity contribution in [3.8, 4) is 0 Å². The molecule has 0 aliphatic carbocycles. The fourth-order valence-corrected chi connectivity index (χ4v) is 8.45. The molecule has 0 aromatic heterocycles. The SMILES string of the molecule is C/C=C/[C@@H](C)[C@H](CC)NC(C)=O.C/C=C/[C@@H](C)[C@H](CO)NC(C)=O.C/C=C/[C@@H](O)[C@H](CC)NC(C)=O.C/C=C/[C@@H](O)[C@H](CO)NC(C)=O.CCN(CC)CC.ClC(c1ccccc1)(c1ccccc1)c1ccccc1.O=C(Cl)c1ccccc1. The highest BCUT2D eigenvalue weighted by atomic mass is 35.5. The Balaban J connectivity index is -0.000000934. The van der Waals surface area contributed by atoms with Gasteiger partial charge < -0.3 is 46.6 Å². The Hall–Kier alpha value is -6.23. The lowest BCUT2D eigenvalue weighted by Crippen LogP contribution is -2.44. The maximum absolute atomic E-state index is 10.8. The third-order valence-electron chi connectivity index (χ3n) is 12.5. The fourth-order valence-electron chi connectivity index (χ4n) is 7.94. The third-order valence-corrected chi connectivity index (χ3v) is 13.4. The van der Waals surface area contributed by atoms with Crippen molar-refractivity contribution in [2.45, 2.75) is 158 Å². The summed E-state index contributed by atoms with van der Waals surface area (Å²) in [5, 5.41) is 46.7. The van der Waals surface area contributed by atoms with Crippen LogP contribution in [-0.2, 0) is 24.1 Å². The van der Waals surface area contributed by atoms with Crippen LogP contribution in [0.4, 0.5) is 0 Å². The molecule has 0 unspecified atom stereocenters. The van der Waals surface area contributed by atoms with Crippen molar-refractivity contribution in [1.82, 2.24) is 26.2 Å². The van der Waals surface area contributed by atoms with Gasteiger partial charge in [-0.2, -0.15) is 0 Å². The minimum Gasteiger partial charge on any atom is -0.394 e. The second-order valence-corrected chi connectivity index (χ2v) is 20.1. The number of aliphatic hydroxyl groups excluding tert-OH is 4. The predicted molar refractivity (Wildman–Crippen MR) is 350 cm³/mol. The Morgan fingerprint density at radius 1 is 0.464 bits per heavy atom. The molecule has 84 heavy (non-hydrogen) atoms. The number of carbonyl (C=O) groups excluding carboxylic acids is 5. The number of hydrogen-bond acceptors (Lipinski definition) is 10. The highest BCUT2D eigenvalue weighted by Crippen LogP contribution is 2.42. The maximum atomic E-state index is 10.8. The van der Waals surface area contributed by atoms with Crippen LogP contribution in [0.15, 0.2) is 170 Å². The molecule has 4 rings (SSSR count). The third kappa shape index (κ3) is 37.9. The molecule has 4 aromatic rings. The first-order valence-corrected chi connectivity index (χ1v) is 29.7. The van der Waals surface area contributed by atoms with Gasteiger partial charge in [-0.05, 0) is 100 Å². The molecule has 0 spiro atoms. The van der Waals surface area contributed by atoms with Crippen LogP contribution in [0.3, 0.4) is 0 Å². The zero-order valence-electron chi connectivity index (χ0n) is 52.8. The Morgan fingerprint density at radius 3 is 0.988 bits per heavy atom. The van der Waals surface area contributed by atoms with Crippen molar-refractivity contribution in [3.05, 3.63) is 192 Å². The molecular weight excluding hydrogens is 1100 g/mol. The number of nitrogens with one attached hydrogen (secondary N) is 4. The summed E-state index contributed by atoms with van der Waals surface area (Å²) in [6, 6.07) is 38.7. The van der Waals surface area contributed by atoms with Crippen molar-refractivity contribution < 1.29 is 44.4 Å². The number of alkyl halides is 1. The zero-order valence-corrected chi connectivity index (χ0v) is 54.3. The number of nitrogens with zero attached hydrogens (tertiary/aromatic N) is 1. The number of halogens is 2. The lowest BCUT2D eigenvalue weighted by Gasteiger charge is -2.29. The number of amides is 4. The van der Waals surface area contributed by atoms with Gasteiger partial charge in [-0.25, -0.2) is 0 Å². The number of benzene rings is 4. The van der Waals surface area contributed by atoms with Gasteiger partial charge in [0.1, 0.15) is 4.87 Å². The second-order valence-electron chi connectivity index (χ2n) is 19.2. The summed E-state index contributed by atoms with van der Waals surface area (Å²) < 4.78 is 0. The van der Waals surface area contributed by atoms with E-state index in [0.717, 1.165) is 29.5 Å². The van der Waals surface area contributed by atoms with Crippen LogP contribution in [-0.4, -0.2) is 123 Å². The molecule has 4 amide bonds. The number of hydrogen-bond donors (Lipinski definition) is 8. The highest BCUT2D eigenvalue weighted by molar-refractivity contribution is 6.67. The van der Waals surface area contributed by atoms with Crippen molar-refractivity contribution >= 4 is 52.1 Å². The summed E-state index contributed by atoms with van der Waals surface area (Å²) in [5.41, 5.74) is 3.79. The summed E-state index contributed by atoms with van der Waals surface area (Å²) in [6.45, 7) is 31.2. The maximum Gasteiger partial charge on any atom is 0.252 e. The van der Waals surface area contributed by atoms with Crippen LogP contribution in [0.5, 0.6) is 0 Å². The zero-order chi connectivity index (χ0) is 64.5. The molecule has 8 N–H and O–H groups in total. The van der Waals surface area contributed by atoms with Crippen molar-refractivity contribution in [2.75, 3.05) is 32.8 Å². The van der Waals surface area contributed by atoms with E-state index in [9.17, 15) is 34.2 Å². The standard InChI is InChI=1S/C19H15Cl.C10H19NO.2C9H17NO2.C8H15NO3.C7H5ClO.C6H15N/c20-19(16-10-4-1-5-11-16,17-12-6-2-7-13-17)18-14-8-3-9-15-18;1-5-7-8(3)10(6-2)11-9(4)12;1-4-5-7(2)9(6-11)10-8(3)12;1-4-6-9(12)8(5-2)10-7(3)11;1-3-4-8(12)7(5-10)9-6(2)11;8-7(9)6-4-2-1-3-5-6;1-4-7(5-2)6-3/h1-15H;5,7-8,10H,6H2,1-4H3,(H,11,12);4-5,7,9,11H,6H2,1-3H3,(H,10,12);4,6,8-9,12H,5H2,1-3H3,(H,10,11);3-4,7-8,10,12H,5H2,1-2H3,(H,9,11);1-5H;4-6H2,1-3H3/b;7-5+;5-4+;6-4+;4-3+;;/t;8-,10+;7-,9+;8-,9+;7-,8+;;/m.1100../s1. The van der Waals surface area contributed by atoms with E-state index >= 15 is 0 Å². The average molecular weight is 1210 g/mol. The monoisotopic (exact) mass is 1200 g/mol. The van der Waals surface area contributed by atoms with Gasteiger partial charge in [0.15, 0.2) is 0 Å². The van der Waals surface area contributed by atoms with Crippen LogP contribution in [0, 0.1) is 11.8 Å². The molecule has 0 heterocycles. The van der Waals surface area contributed by atoms with E-state index in [2.05, 4.69) is 103 Å². The van der Waals surface area contributed by atoms with E-state index in [1.165, 1.54) is 46.5 Å². The summed E-state index contributed by atoms with van der Waals surface area (Å²) in [4.78, 5) is 54.8. The van der Waals surface area contributed by atoms with Crippen molar-refractivity contribution in [2.24, 2.45) is 11.8 Å². The molecule has 0 radical (unpaired) electrons. The molecule has 468 valence electrons. The van der Waals surface area contributed by atoms with Gasteiger partial charge in [-0.3, -0.25) is 24.0 Å². The molecular formula is C68H103Cl2N5O9. The lowest BCUT2D eigenvalue weighted by atomic mass is 9.84. The number of aliphatic hydroxyl groups is 4. The first-order chi connectivity index (χ1) is 39.9. The van der Waals surface area contributed by atoms with Gasteiger partial charge in [-0.1, -0.05) is 218 Å². The minimum absolute atomic E-state index is 0.0227. The Labute approximate surface area is 514 Å². The first kappa shape index (κ1) is 82.0. The smallest absolute Gasteiger partial charge is 0.252 e. The summed E-state index contributed by atoms with van der Waals surface area (Å²) in [6.07, 6.45) is 14.9. The molecule has 0 aliphatic rings. The minimum atomic E-state index is -0.830. The summed E-state index contributed by atoms with van der Waals surface area (Å²) in [5.74, 6) is 0.166. The van der Waals surface area contributed by atoms with Gasteiger partial charge in [0.2, 0.25) is 23.6 Å². The summed E-state index contributed by atoms with van der Waals surface area (Å²) in [7, 11) is 0. The molecule has 14 nitrogen and oxygen atoms in total. The fraction of sp³-hybridized carbons (Fsp3) is 0.456. The second kappa shape index (κ2) is 51.2. The molecule has 0 bridgehead atoms. The van der Waals surface area contributed by atoms with Crippen LogP contribution in [0.1, 0.15) is 144 Å².